The van der Waals surface area contributed by atoms with Crippen LogP contribution in [0, 0.1) is 0 Å². The van der Waals surface area contributed by atoms with Crippen molar-refractivity contribution in [2.45, 2.75) is 24.9 Å². The summed E-state index contributed by atoms with van der Waals surface area (Å²) in [5, 5.41) is 0. The lowest BCUT2D eigenvalue weighted by atomic mass is 10.2. The van der Waals surface area contributed by atoms with Crippen LogP contribution in [-0.4, -0.2) is 38.2 Å². The van der Waals surface area contributed by atoms with E-state index >= 15 is 0 Å². The van der Waals surface area contributed by atoms with Crippen molar-refractivity contribution in [3.05, 3.63) is 31.5 Å². The van der Waals surface area contributed by atoms with Crippen LogP contribution in [0.4, 0.5) is 0 Å². The fraction of sp³-hybridized carbons (Fsp3) is 0.556. The topological polar surface area (TPSA) is 158 Å². The molecule has 2 saturated heterocycles. The van der Waals surface area contributed by atoms with E-state index in [2.05, 4.69) is 20.9 Å². The molecule has 6 N–H and O–H groups in total. The molecule has 118 valence electrons. The van der Waals surface area contributed by atoms with Gasteiger partial charge in [0, 0.05) is 12.6 Å². The molecule has 3 heterocycles. The molecule has 3 atom stereocenters. The van der Waals surface area contributed by atoms with Gasteiger partial charge in [-0.05, 0) is 15.9 Å². The van der Waals surface area contributed by atoms with E-state index in [1.165, 1.54) is 10.8 Å². The van der Waals surface area contributed by atoms with Gasteiger partial charge in [0.15, 0.2) is 0 Å². The number of hydrogen-bond donors (Lipinski definition) is 4. The van der Waals surface area contributed by atoms with E-state index in [-0.39, 0.29) is 23.7 Å². The van der Waals surface area contributed by atoms with Gasteiger partial charge in [-0.1, -0.05) is 0 Å². The fourth-order valence-electron chi connectivity index (χ4n) is 2.18. The van der Waals surface area contributed by atoms with Gasteiger partial charge in [0.1, 0.15) is 25.0 Å². The number of nitrogens with zero attached hydrogens (tertiary/aromatic N) is 1. The van der Waals surface area contributed by atoms with E-state index < -0.39 is 37.9 Å². The zero-order valence-corrected chi connectivity index (χ0v) is 13.1. The molecule has 0 amide bonds. The first-order valence-electron chi connectivity index (χ1n) is 5.69. The summed E-state index contributed by atoms with van der Waals surface area (Å²) in [6.45, 7) is -0.0266. The first-order valence-corrected chi connectivity index (χ1v) is 8.02. The average molecular weight is 387 g/mol. The Kier molecular flexibility index (Phi) is 4.66. The fourth-order valence-corrected chi connectivity index (χ4v) is 3.48. The van der Waals surface area contributed by atoms with E-state index in [4.69, 9.17) is 13.8 Å². The molecule has 21 heavy (non-hydrogen) atoms. The number of hydrogen-bond acceptors (Lipinski definition) is 8. The van der Waals surface area contributed by atoms with Gasteiger partial charge in [-0.2, -0.15) is 14.3 Å². The second kappa shape index (κ2) is 5.86. The molecular formula is C9H14BrN3O7P+. The molecule has 0 spiro atoms. The Balaban J connectivity index is 0.00000161. The zero-order valence-electron chi connectivity index (χ0n) is 10.6. The van der Waals surface area contributed by atoms with Crippen LogP contribution < -0.4 is 17.4 Å². The van der Waals surface area contributed by atoms with Gasteiger partial charge in [0.2, 0.25) is 0 Å². The molecule has 0 radical (unpaired) electrons. The van der Waals surface area contributed by atoms with Crippen LogP contribution in [0.25, 0.3) is 0 Å². The summed E-state index contributed by atoms with van der Waals surface area (Å²) >= 11 is 3.03. The maximum Gasteiger partial charge on any atom is 0.570 e. The zero-order chi connectivity index (χ0) is 14.5. The number of aromatic amines is 1. The van der Waals surface area contributed by atoms with Crippen molar-refractivity contribution in [1.29, 1.82) is 0 Å². The lowest BCUT2D eigenvalue weighted by molar-refractivity contribution is -0.0764. The first kappa shape index (κ1) is 16.7. The predicted molar refractivity (Wildman–Crippen MR) is 74.8 cm³/mol. The van der Waals surface area contributed by atoms with E-state index in [0.29, 0.717) is 0 Å². The predicted octanol–water partition coefficient (Wildman–Crippen LogP) is -0.174. The van der Waals surface area contributed by atoms with E-state index in [0.717, 1.165) is 0 Å². The molecule has 1 aromatic rings. The summed E-state index contributed by atoms with van der Waals surface area (Å²) in [5.74, 6) is 0. The quantitative estimate of drug-likeness (QED) is 0.484. The van der Waals surface area contributed by atoms with Gasteiger partial charge in [-0.25, -0.2) is 4.79 Å². The molecule has 1 aromatic heterocycles. The number of ether oxygens (including phenoxy) is 1. The molecule has 2 aliphatic rings. The number of halogens is 1. The minimum absolute atomic E-state index is 0. The Morgan fingerprint density at radius 2 is 2.10 bits per heavy atom. The monoisotopic (exact) mass is 386 g/mol. The van der Waals surface area contributed by atoms with Crippen molar-refractivity contribution >= 4 is 24.1 Å². The maximum atomic E-state index is 11.8. The Hall–Kier alpha value is -0.650. The Bertz CT molecular complexity index is 647. The van der Waals surface area contributed by atoms with Gasteiger partial charge >= 0.3 is 13.9 Å². The minimum Gasteiger partial charge on any atom is -0.349 e. The number of H-pyrrole nitrogens is 1. The van der Waals surface area contributed by atoms with Crippen molar-refractivity contribution in [2.75, 3.05) is 6.61 Å². The standard InChI is InChI=1S/C9H10BrN2O7P.H3N/c10-4-2-12(9(14)11-8(4)13)7-1-5-6(18-7)3-17-20(15,16)19-5;/h2,5-7,15-16H,1,3H2;1H3/p+1/t5-,6+,7+;/m0./s1. The highest BCUT2D eigenvalue weighted by molar-refractivity contribution is 9.10. The van der Waals surface area contributed by atoms with Gasteiger partial charge in [-0.3, -0.25) is 14.3 Å². The molecule has 0 aromatic carbocycles. The summed E-state index contributed by atoms with van der Waals surface area (Å²) in [6, 6.07) is 0. The summed E-state index contributed by atoms with van der Waals surface area (Å²) in [5.41, 5.74) is -1.14. The third kappa shape index (κ3) is 3.25. The molecular weight excluding hydrogens is 373 g/mol. The maximum absolute atomic E-state index is 11.8. The summed E-state index contributed by atoms with van der Waals surface area (Å²) in [6.07, 6.45) is -0.174. The smallest absolute Gasteiger partial charge is 0.349 e. The Morgan fingerprint density at radius 1 is 1.38 bits per heavy atom. The third-order valence-electron chi connectivity index (χ3n) is 3.09. The van der Waals surface area contributed by atoms with E-state index in [1.807, 2.05) is 0 Å². The molecule has 0 aliphatic carbocycles. The molecule has 3 rings (SSSR count). The van der Waals surface area contributed by atoms with Crippen LogP contribution in [0.15, 0.2) is 20.3 Å². The second-order valence-electron chi connectivity index (χ2n) is 4.44. The summed E-state index contributed by atoms with van der Waals surface area (Å²) in [7, 11) is -3.79. The molecule has 12 heteroatoms. The minimum atomic E-state index is -3.79. The summed E-state index contributed by atoms with van der Waals surface area (Å²) in [4.78, 5) is 43.9. The van der Waals surface area contributed by atoms with Crippen molar-refractivity contribution < 1.29 is 23.6 Å². The van der Waals surface area contributed by atoms with E-state index in [1.54, 1.807) is 0 Å². The highest BCUT2D eigenvalue weighted by Crippen LogP contribution is 2.58. The summed E-state index contributed by atoms with van der Waals surface area (Å²) < 4.78 is 16.8. The second-order valence-corrected chi connectivity index (χ2v) is 6.74. The highest BCUT2D eigenvalue weighted by Gasteiger charge is 2.55. The highest BCUT2D eigenvalue weighted by atomic mass is 79.9. The number of nitrogens with one attached hydrogen (secondary N) is 1. The molecule has 0 bridgehead atoms. The van der Waals surface area contributed by atoms with Crippen LogP contribution in [0.5, 0.6) is 0 Å². The van der Waals surface area contributed by atoms with Gasteiger partial charge in [-0.15, -0.1) is 4.52 Å². The van der Waals surface area contributed by atoms with Crippen molar-refractivity contribution in [2.24, 2.45) is 0 Å². The van der Waals surface area contributed by atoms with Gasteiger partial charge < -0.3 is 10.9 Å². The van der Waals surface area contributed by atoms with Crippen molar-refractivity contribution in [1.82, 2.24) is 15.7 Å². The van der Waals surface area contributed by atoms with Crippen molar-refractivity contribution in [3.8, 4) is 0 Å². The number of fused-ring (bicyclic) bond motifs is 1. The lowest BCUT2D eigenvalue weighted by Gasteiger charge is -2.23. The Morgan fingerprint density at radius 3 is 2.81 bits per heavy atom. The van der Waals surface area contributed by atoms with Crippen LogP contribution >= 0.6 is 24.1 Å². The first-order chi connectivity index (χ1) is 9.35. The largest absolute Gasteiger partial charge is 0.570 e. The van der Waals surface area contributed by atoms with Gasteiger partial charge in [0.05, 0.1) is 4.47 Å². The average Bonchev–Trinajstić information content (AvgIpc) is 2.74. The lowest BCUT2D eigenvalue weighted by Crippen LogP contribution is -2.34. The molecule has 0 saturated carbocycles. The molecule has 2 aliphatic heterocycles. The number of aromatic nitrogens is 2. The SMILES string of the molecule is N.O=c1[nH]c(=O)n([C@H]2C[C@@H]3O[P+](O)(O)OC[C@H]3O2)cc1Br. The molecule has 0 unspecified atom stereocenters. The van der Waals surface area contributed by atoms with Crippen molar-refractivity contribution in [3.63, 3.8) is 0 Å². The van der Waals surface area contributed by atoms with Crippen LogP contribution in [0.2, 0.25) is 0 Å². The molecule has 10 nitrogen and oxygen atoms in total. The normalized spacial score (nSPS) is 30.5. The number of rotatable bonds is 1. The van der Waals surface area contributed by atoms with Gasteiger partial charge in [0.25, 0.3) is 5.56 Å². The van der Waals surface area contributed by atoms with Crippen LogP contribution in [0.3, 0.4) is 0 Å². The van der Waals surface area contributed by atoms with E-state index in [9.17, 15) is 19.4 Å². The van der Waals surface area contributed by atoms with Crippen LogP contribution in [0.1, 0.15) is 12.6 Å². The van der Waals surface area contributed by atoms with Crippen LogP contribution in [-0.2, 0) is 13.8 Å². The Labute approximate surface area is 127 Å². The molecule has 2 fully saturated rings. The third-order valence-corrected chi connectivity index (χ3v) is 4.69.